The van der Waals surface area contributed by atoms with Crippen molar-refractivity contribution in [2.45, 2.75) is 19.6 Å². The van der Waals surface area contributed by atoms with Crippen molar-refractivity contribution in [3.8, 4) is 17.6 Å². The first-order valence-corrected chi connectivity index (χ1v) is 11.1. The lowest BCUT2D eigenvalue weighted by Gasteiger charge is -2.12. The van der Waals surface area contributed by atoms with Crippen LogP contribution in [0.4, 0.5) is 5.69 Å². The van der Waals surface area contributed by atoms with Crippen LogP contribution in [0.3, 0.4) is 0 Å². The van der Waals surface area contributed by atoms with Gasteiger partial charge in [0.25, 0.3) is 11.6 Å². The first-order valence-electron chi connectivity index (χ1n) is 11.1. The van der Waals surface area contributed by atoms with Gasteiger partial charge in [0, 0.05) is 18.7 Å². The molecule has 3 rings (SSSR count). The number of hydrogen-bond donors (Lipinski definition) is 1. The van der Waals surface area contributed by atoms with Crippen LogP contribution < -0.4 is 14.8 Å². The molecule has 8 heteroatoms. The number of allylic oxidation sites excluding steroid dienone is 1. The van der Waals surface area contributed by atoms with Gasteiger partial charge in [-0.05, 0) is 59.0 Å². The zero-order valence-electron chi connectivity index (χ0n) is 19.8. The third-order valence-electron chi connectivity index (χ3n) is 5.25. The maximum atomic E-state index is 12.6. The molecule has 36 heavy (non-hydrogen) atoms. The molecule has 0 bridgehead atoms. The lowest BCUT2D eigenvalue weighted by atomic mass is 10.0. The van der Waals surface area contributed by atoms with Gasteiger partial charge in [0.1, 0.15) is 29.7 Å². The fraction of sp³-hybridized carbons (Fsp3) is 0.143. The Morgan fingerprint density at radius 3 is 2.58 bits per heavy atom. The fourth-order valence-corrected chi connectivity index (χ4v) is 3.40. The second kappa shape index (κ2) is 12.5. The topological polar surface area (TPSA) is 114 Å². The zero-order valence-corrected chi connectivity index (χ0v) is 19.8. The molecule has 0 saturated carbocycles. The minimum atomic E-state index is -0.482. The van der Waals surface area contributed by atoms with Crippen LogP contribution in [0.5, 0.6) is 11.5 Å². The van der Waals surface area contributed by atoms with Gasteiger partial charge < -0.3 is 14.8 Å². The van der Waals surface area contributed by atoms with Crippen molar-refractivity contribution in [1.82, 2.24) is 5.32 Å². The highest BCUT2D eigenvalue weighted by Gasteiger charge is 2.11. The normalized spacial score (nSPS) is 10.7. The van der Waals surface area contributed by atoms with Crippen molar-refractivity contribution in [3.63, 3.8) is 0 Å². The van der Waals surface area contributed by atoms with Crippen molar-refractivity contribution in [3.05, 3.63) is 117 Å². The van der Waals surface area contributed by atoms with Gasteiger partial charge in [0.05, 0.1) is 12.0 Å². The summed E-state index contributed by atoms with van der Waals surface area (Å²) in [4.78, 5) is 23.1. The highest BCUT2D eigenvalue weighted by Crippen LogP contribution is 2.24. The molecular weight excluding hydrogens is 458 g/mol. The first kappa shape index (κ1) is 25.7. The number of ether oxygens (including phenoxy) is 2. The molecular formula is C28H25N3O5. The number of nitriles is 1. The standard InChI is InChI=1S/C28H25N3O5/c1-3-5-23-14-21(10-13-27(23)36-19-22-6-4-7-25(16-22)31(33)34)15-24(17-29)28(32)30-18-20-8-11-26(35-2)12-9-20/h3-4,6-16H,1,5,18-19H2,2H3,(H,30,32)/b24-15-. The third kappa shape index (κ3) is 7.05. The number of nitro groups is 1. The van der Waals surface area contributed by atoms with E-state index in [0.29, 0.717) is 23.3 Å². The summed E-state index contributed by atoms with van der Waals surface area (Å²) in [5.41, 5.74) is 2.97. The zero-order chi connectivity index (χ0) is 25.9. The molecule has 0 fully saturated rings. The lowest BCUT2D eigenvalue weighted by molar-refractivity contribution is -0.384. The maximum absolute atomic E-state index is 12.6. The molecule has 0 aliphatic rings. The molecule has 0 aliphatic heterocycles. The fourth-order valence-electron chi connectivity index (χ4n) is 3.40. The number of amides is 1. The molecule has 0 unspecified atom stereocenters. The minimum absolute atomic E-state index is 0.00259. The molecule has 1 amide bonds. The molecule has 0 saturated heterocycles. The number of rotatable bonds is 11. The minimum Gasteiger partial charge on any atom is -0.497 e. The van der Waals surface area contributed by atoms with E-state index in [9.17, 15) is 20.2 Å². The van der Waals surface area contributed by atoms with E-state index in [-0.39, 0.29) is 24.4 Å². The van der Waals surface area contributed by atoms with Crippen LogP contribution in [0.1, 0.15) is 22.3 Å². The number of carbonyl (C=O) groups is 1. The van der Waals surface area contributed by atoms with Gasteiger partial charge in [0.15, 0.2) is 0 Å². The monoisotopic (exact) mass is 483 g/mol. The van der Waals surface area contributed by atoms with Crippen LogP contribution in [0.2, 0.25) is 0 Å². The Labute approximate surface area is 209 Å². The quantitative estimate of drug-likeness (QED) is 0.133. The van der Waals surface area contributed by atoms with E-state index in [1.165, 1.54) is 18.2 Å². The molecule has 0 aromatic heterocycles. The Bertz CT molecular complexity index is 1320. The van der Waals surface area contributed by atoms with Crippen LogP contribution >= 0.6 is 0 Å². The smallest absolute Gasteiger partial charge is 0.269 e. The second-order valence-electron chi connectivity index (χ2n) is 7.78. The summed E-state index contributed by atoms with van der Waals surface area (Å²) < 4.78 is 11.0. The molecule has 0 atom stereocenters. The molecule has 0 spiro atoms. The second-order valence-corrected chi connectivity index (χ2v) is 7.78. The van der Waals surface area contributed by atoms with E-state index in [1.807, 2.05) is 24.3 Å². The predicted molar refractivity (Wildman–Crippen MR) is 136 cm³/mol. The summed E-state index contributed by atoms with van der Waals surface area (Å²) >= 11 is 0. The Hall–Kier alpha value is -4.90. The molecule has 0 aliphatic carbocycles. The number of nitrogens with zero attached hydrogens (tertiary/aromatic N) is 2. The van der Waals surface area contributed by atoms with E-state index in [4.69, 9.17) is 9.47 Å². The Balaban J connectivity index is 1.71. The Morgan fingerprint density at radius 1 is 1.14 bits per heavy atom. The summed E-state index contributed by atoms with van der Waals surface area (Å²) in [6.07, 6.45) is 3.73. The van der Waals surface area contributed by atoms with Gasteiger partial charge >= 0.3 is 0 Å². The average molecular weight is 484 g/mol. The van der Waals surface area contributed by atoms with E-state index < -0.39 is 10.8 Å². The number of hydrogen-bond acceptors (Lipinski definition) is 6. The van der Waals surface area contributed by atoms with Gasteiger partial charge in [-0.2, -0.15) is 5.26 Å². The highest BCUT2D eigenvalue weighted by molar-refractivity contribution is 6.01. The van der Waals surface area contributed by atoms with Crippen molar-refractivity contribution < 1.29 is 19.2 Å². The third-order valence-corrected chi connectivity index (χ3v) is 5.25. The van der Waals surface area contributed by atoms with Crippen LogP contribution in [-0.2, 0) is 24.4 Å². The molecule has 3 aromatic carbocycles. The summed E-state index contributed by atoms with van der Waals surface area (Å²) in [7, 11) is 1.58. The van der Waals surface area contributed by atoms with Gasteiger partial charge in [-0.25, -0.2) is 0 Å². The number of non-ortho nitro benzene ring substituents is 1. The summed E-state index contributed by atoms with van der Waals surface area (Å²) in [5.74, 6) is 0.820. The van der Waals surface area contributed by atoms with Crippen LogP contribution in [-0.4, -0.2) is 17.9 Å². The van der Waals surface area contributed by atoms with Crippen LogP contribution in [0, 0.1) is 21.4 Å². The van der Waals surface area contributed by atoms with E-state index in [0.717, 1.165) is 16.9 Å². The first-order chi connectivity index (χ1) is 17.4. The molecule has 0 heterocycles. The van der Waals surface area contributed by atoms with Gasteiger partial charge in [-0.3, -0.25) is 14.9 Å². The van der Waals surface area contributed by atoms with Crippen molar-refractivity contribution in [1.29, 1.82) is 5.26 Å². The number of carbonyl (C=O) groups excluding carboxylic acids is 1. The summed E-state index contributed by atoms with van der Waals surface area (Å²) in [6.45, 7) is 4.20. The summed E-state index contributed by atoms with van der Waals surface area (Å²) in [6, 6.07) is 20.8. The number of benzene rings is 3. The van der Waals surface area contributed by atoms with E-state index >= 15 is 0 Å². The van der Waals surface area contributed by atoms with Gasteiger partial charge in [-0.15, -0.1) is 6.58 Å². The maximum Gasteiger partial charge on any atom is 0.269 e. The van der Waals surface area contributed by atoms with E-state index in [2.05, 4.69) is 11.9 Å². The molecule has 8 nitrogen and oxygen atoms in total. The highest BCUT2D eigenvalue weighted by atomic mass is 16.6. The SMILES string of the molecule is C=CCc1cc(/C=C(/C#N)C(=O)NCc2ccc(OC)cc2)ccc1OCc1cccc([N+](=O)[O-])c1. The largest absolute Gasteiger partial charge is 0.497 e. The van der Waals surface area contributed by atoms with Crippen LogP contribution in [0.25, 0.3) is 6.08 Å². The Kier molecular flexibility index (Phi) is 8.95. The number of nitrogens with one attached hydrogen (secondary N) is 1. The summed E-state index contributed by atoms with van der Waals surface area (Å²) in [5, 5.41) is 23.3. The lowest BCUT2D eigenvalue weighted by Crippen LogP contribution is -2.23. The molecule has 1 N–H and O–H groups in total. The van der Waals surface area contributed by atoms with Crippen molar-refractivity contribution in [2.24, 2.45) is 0 Å². The van der Waals surface area contributed by atoms with Crippen molar-refractivity contribution in [2.75, 3.05) is 7.11 Å². The molecule has 0 radical (unpaired) electrons. The van der Waals surface area contributed by atoms with Crippen molar-refractivity contribution >= 4 is 17.7 Å². The van der Waals surface area contributed by atoms with E-state index in [1.54, 1.807) is 49.6 Å². The number of methoxy groups -OCH3 is 1. The number of nitro benzene ring substituents is 1. The average Bonchev–Trinajstić information content (AvgIpc) is 2.90. The van der Waals surface area contributed by atoms with Gasteiger partial charge in [0.2, 0.25) is 0 Å². The molecule has 3 aromatic rings. The van der Waals surface area contributed by atoms with Gasteiger partial charge in [-0.1, -0.05) is 36.4 Å². The molecule has 182 valence electrons. The predicted octanol–water partition coefficient (Wildman–Crippen LogP) is 5.13. The Morgan fingerprint density at radius 2 is 1.92 bits per heavy atom. The van der Waals surface area contributed by atoms with Crippen LogP contribution in [0.15, 0.2) is 85.0 Å².